The minimum Gasteiger partial charge on any atom is -0.491 e. The number of rotatable bonds is 9. The summed E-state index contributed by atoms with van der Waals surface area (Å²) < 4.78 is 13.0. The average molecular weight is 431 g/mol. The predicted molar refractivity (Wildman–Crippen MR) is 119 cm³/mol. The van der Waals surface area contributed by atoms with Gasteiger partial charge in [-0.2, -0.15) is 4.98 Å². The number of benzene rings is 1. The van der Waals surface area contributed by atoms with Crippen molar-refractivity contribution in [1.82, 2.24) is 14.8 Å². The summed E-state index contributed by atoms with van der Waals surface area (Å²) in [7, 11) is 0. The molecule has 0 fully saturated rings. The Kier molecular flexibility index (Phi) is 7.42. The number of allylic oxidation sites excluding steroid dienone is 1. The largest absolute Gasteiger partial charge is 0.491 e. The van der Waals surface area contributed by atoms with Crippen molar-refractivity contribution in [1.29, 1.82) is 0 Å². The molecule has 0 radical (unpaired) electrons. The van der Waals surface area contributed by atoms with Crippen LogP contribution in [0.1, 0.15) is 59.1 Å². The maximum absolute atomic E-state index is 12.9. The lowest BCUT2D eigenvalue weighted by atomic mass is 9.96. The van der Waals surface area contributed by atoms with Crippen LogP contribution in [0.4, 0.5) is 5.95 Å². The Bertz CT molecular complexity index is 906. The van der Waals surface area contributed by atoms with Crippen molar-refractivity contribution >= 4 is 23.7 Å². The molecule has 0 saturated heterocycles. The molecule has 162 valence electrons. The lowest BCUT2D eigenvalue weighted by Gasteiger charge is -2.28. The summed E-state index contributed by atoms with van der Waals surface area (Å²) >= 11 is 1.61. The molecule has 8 heteroatoms. The molecule has 0 spiro atoms. The van der Waals surface area contributed by atoms with Crippen molar-refractivity contribution in [3.63, 3.8) is 0 Å². The smallest absolute Gasteiger partial charge is 0.338 e. The number of anilines is 1. The van der Waals surface area contributed by atoms with E-state index in [0.717, 1.165) is 35.6 Å². The van der Waals surface area contributed by atoms with Crippen molar-refractivity contribution in [2.75, 3.05) is 17.7 Å². The number of hydrogen-bond acceptors (Lipinski definition) is 7. The molecule has 0 saturated carbocycles. The molecule has 2 heterocycles. The third-order valence-corrected chi connectivity index (χ3v) is 5.54. The predicted octanol–water partition coefficient (Wildman–Crippen LogP) is 4.81. The molecular weight excluding hydrogens is 400 g/mol. The highest BCUT2D eigenvalue weighted by Crippen LogP contribution is 2.37. The molecular formula is C22H30N4O3S. The number of aromatic nitrogens is 3. The van der Waals surface area contributed by atoms with E-state index >= 15 is 0 Å². The molecule has 1 aliphatic heterocycles. The van der Waals surface area contributed by atoms with Crippen molar-refractivity contribution < 1.29 is 14.3 Å². The van der Waals surface area contributed by atoms with E-state index in [4.69, 9.17) is 14.6 Å². The zero-order valence-electron chi connectivity index (χ0n) is 18.3. The van der Waals surface area contributed by atoms with Crippen molar-refractivity contribution in [3.8, 4) is 5.75 Å². The zero-order chi connectivity index (χ0) is 21.7. The van der Waals surface area contributed by atoms with Gasteiger partial charge in [-0.25, -0.2) is 9.48 Å². The quantitative estimate of drug-likeness (QED) is 0.452. The Morgan fingerprint density at radius 3 is 2.60 bits per heavy atom. The van der Waals surface area contributed by atoms with E-state index in [1.807, 2.05) is 52.0 Å². The third kappa shape index (κ3) is 4.98. The lowest BCUT2D eigenvalue weighted by Crippen LogP contribution is -2.29. The van der Waals surface area contributed by atoms with Crippen LogP contribution in [0.5, 0.6) is 5.75 Å². The van der Waals surface area contributed by atoms with Gasteiger partial charge in [0.2, 0.25) is 11.1 Å². The molecule has 0 aliphatic carbocycles. The van der Waals surface area contributed by atoms with Crippen molar-refractivity contribution in [2.24, 2.45) is 0 Å². The zero-order valence-corrected chi connectivity index (χ0v) is 19.1. The van der Waals surface area contributed by atoms with E-state index in [9.17, 15) is 4.79 Å². The van der Waals surface area contributed by atoms with Gasteiger partial charge in [0.25, 0.3) is 0 Å². The Hall–Kier alpha value is -2.48. The normalized spacial score (nSPS) is 15.7. The van der Waals surface area contributed by atoms with Gasteiger partial charge in [0.15, 0.2) is 0 Å². The van der Waals surface area contributed by atoms with Crippen LogP contribution in [-0.2, 0) is 9.53 Å². The summed E-state index contributed by atoms with van der Waals surface area (Å²) in [6, 6.07) is 7.37. The average Bonchev–Trinajstić information content (AvgIpc) is 3.12. The van der Waals surface area contributed by atoms with Gasteiger partial charge in [-0.3, -0.25) is 0 Å². The van der Waals surface area contributed by atoms with Crippen LogP contribution < -0.4 is 10.1 Å². The number of carbonyl (C=O) groups is 1. The van der Waals surface area contributed by atoms with E-state index in [1.54, 1.807) is 16.4 Å². The highest BCUT2D eigenvalue weighted by molar-refractivity contribution is 7.99. The summed E-state index contributed by atoms with van der Waals surface area (Å²) in [5.74, 6) is 2.02. The minimum absolute atomic E-state index is 0.0940. The SMILES string of the molecule is CCCOC(=O)C1=C(C)Nc2nc(SCCC)nn2C1c1ccc(OC(C)C)cc1. The van der Waals surface area contributed by atoms with Crippen molar-refractivity contribution in [3.05, 3.63) is 41.1 Å². The van der Waals surface area contributed by atoms with Gasteiger partial charge in [0, 0.05) is 11.4 Å². The van der Waals surface area contributed by atoms with Crippen LogP contribution in [0.25, 0.3) is 0 Å². The first-order valence-corrected chi connectivity index (χ1v) is 11.4. The first-order valence-electron chi connectivity index (χ1n) is 10.4. The second-order valence-corrected chi connectivity index (χ2v) is 8.51. The molecule has 1 atom stereocenters. The number of fused-ring (bicyclic) bond motifs is 1. The molecule has 1 aromatic carbocycles. The van der Waals surface area contributed by atoms with Gasteiger partial charge in [-0.05, 0) is 51.3 Å². The molecule has 0 amide bonds. The molecule has 1 aromatic heterocycles. The lowest BCUT2D eigenvalue weighted by molar-refractivity contribution is -0.139. The molecule has 1 N–H and O–H groups in total. The minimum atomic E-state index is -0.415. The fourth-order valence-corrected chi connectivity index (χ4v) is 3.92. The highest BCUT2D eigenvalue weighted by Gasteiger charge is 2.35. The van der Waals surface area contributed by atoms with Crippen LogP contribution in [0.2, 0.25) is 0 Å². The van der Waals surface area contributed by atoms with E-state index in [2.05, 4.69) is 17.2 Å². The second kappa shape index (κ2) is 10.0. The molecule has 1 aliphatic rings. The highest BCUT2D eigenvalue weighted by atomic mass is 32.2. The number of thioether (sulfide) groups is 1. The molecule has 3 rings (SSSR count). The van der Waals surface area contributed by atoms with E-state index < -0.39 is 6.04 Å². The first-order chi connectivity index (χ1) is 14.4. The standard InChI is InChI=1S/C22H30N4O3S/c1-6-12-28-20(27)18-15(5)23-21-24-22(30-13-7-2)25-26(21)19(18)16-8-10-17(11-9-16)29-14(3)4/h8-11,14,19H,6-7,12-13H2,1-5H3,(H,23,24,25). The number of nitrogens with one attached hydrogen (secondary N) is 1. The summed E-state index contributed by atoms with van der Waals surface area (Å²) in [6.45, 7) is 10.3. The van der Waals surface area contributed by atoms with E-state index in [0.29, 0.717) is 23.3 Å². The maximum Gasteiger partial charge on any atom is 0.338 e. The van der Waals surface area contributed by atoms with E-state index in [1.165, 1.54) is 0 Å². The van der Waals surface area contributed by atoms with Gasteiger partial charge in [0.05, 0.1) is 18.3 Å². The van der Waals surface area contributed by atoms with Crippen LogP contribution in [-0.4, -0.2) is 39.2 Å². The number of ether oxygens (including phenoxy) is 2. The van der Waals surface area contributed by atoms with Crippen LogP contribution in [0, 0.1) is 0 Å². The fourth-order valence-electron chi connectivity index (χ4n) is 3.23. The Balaban J connectivity index is 2.01. The van der Waals surface area contributed by atoms with Crippen LogP contribution in [0.3, 0.4) is 0 Å². The Labute approximate surface area is 182 Å². The monoisotopic (exact) mass is 430 g/mol. The molecule has 30 heavy (non-hydrogen) atoms. The Morgan fingerprint density at radius 1 is 1.23 bits per heavy atom. The summed E-state index contributed by atoms with van der Waals surface area (Å²) in [4.78, 5) is 17.6. The summed E-state index contributed by atoms with van der Waals surface area (Å²) in [6.07, 6.45) is 1.90. The number of nitrogens with zero attached hydrogens (tertiary/aromatic N) is 3. The second-order valence-electron chi connectivity index (χ2n) is 7.45. The van der Waals surface area contributed by atoms with Gasteiger partial charge in [-0.15, -0.1) is 5.10 Å². The molecule has 1 unspecified atom stereocenters. The topological polar surface area (TPSA) is 78.3 Å². The van der Waals surface area contributed by atoms with Gasteiger partial charge in [0.1, 0.15) is 11.8 Å². The molecule has 2 aromatic rings. The van der Waals surface area contributed by atoms with Gasteiger partial charge < -0.3 is 14.8 Å². The Morgan fingerprint density at radius 2 is 1.97 bits per heavy atom. The van der Waals surface area contributed by atoms with Crippen molar-refractivity contribution in [2.45, 2.75) is 64.8 Å². The maximum atomic E-state index is 12.9. The first kappa shape index (κ1) is 22.2. The van der Waals surface area contributed by atoms with Crippen LogP contribution in [0.15, 0.2) is 40.7 Å². The third-order valence-electron chi connectivity index (χ3n) is 4.49. The van der Waals surface area contributed by atoms with Gasteiger partial charge >= 0.3 is 5.97 Å². The van der Waals surface area contributed by atoms with Crippen LogP contribution >= 0.6 is 11.8 Å². The van der Waals surface area contributed by atoms with Gasteiger partial charge in [-0.1, -0.05) is 37.7 Å². The number of carbonyl (C=O) groups excluding carboxylic acids is 1. The number of esters is 1. The summed E-state index contributed by atoms with van der Waals surface area (Å²) in [5, 5.41) is 8.62. The molecule has 7 nitrogen and oxygen atoms in total. The summed E-state index contributed by atoms with van der Waals surface area (Å²) in [5.41, 5.74) is 2.20. The van der Waals surface area contributed by atoms with E-state index in [-0.39, 0.29) is 12.1 Å². The molecule has 0 bridgehead atoms. The number of hydrogen-bond donors (Lipinski definition) is 1. The fraction of sp³-hybridized carbons (Fsp3) is 0.500.